The first-order chi connectivity index (χ1) is 27.8. The van der Waals surface area contributed by atoms with Crippen LogP contribution in [-0.2, 0) is 9.59 Å². The maximum absolute atomic E-state index is 13.6. The third-order valence-corrected chi connectivity index (χ3v) is 15.0. The minimum atomic E-state index is -0.180. The van der Waals surface area contributed by atoms with Gasteiger partial charge in [0.05, 0.1) is 32.9 Å². The molecule has 9 heteroatoms. The second kappa shape index (κ2) is 12.5. The number of hydrogen-bond acceptors (Lipinski definition) is 5. The number of hydrogen-bond donors (Lipinski definition) is 4. The summed E-state index contributed by atoms with van der Waals surface area (Å²) in [7, 11) is 0. The lowest BCUT2D eigenvalue weighted by atomic mass is 9.49. The molecule has 8 aliphatic rings. The summed E-state index contributed by atoms with van der Waals surface area (Å²) in [4.78, 5) is 44.0. The number of rotatable bonds is 8. The number of aromatic amines is 2. The molecule has 2 amide bonds. The van der Waals surface area contributed by atoms with Gasteiger partial charge in [-0.1, -0.05) is 0 Å². The first-order valence-electron chi connectivity index (χ1n) is 21.3. The van der Waals surface area contributed by atoms with Crippen LogP contribution in [0.25, 0.3) is 44.8 Å². The second-order valence-electron chi connectivity index (χ2n) is 19.1. The predicted molar refractivity (Wildman–Crippen MR) is 222 cm³/mol. The number of H-pyrrole nitrogens is 2. The van der Waals surface area contributed by atoms with Gasteiger partial charge in [0, 0.05) is 22.5 Å². The van der Waals surface area contributed by atoms with Gasteiger partial charge in [-0.15, -0.1) is 0 Å². The van der Waals surface area contributed by atoms with E-state index in [1.54, 1.807) is 0 Å². The van der Waals surface area contributed by atoms with Crippen molar-refractivity contribution in [2.75, 3.05) is 10.6 Å². The summed E-state index contributed by atoms with van der Waals surface area (Å²) in [5.41, 5.74) is 6.71. The quantitative estimate of drug-likeness (QED) is 0.123. The van der Waals surface area contributed by atoms with Gasteiger partial charge in [-0.25, -0.2) is 9.97 Å². The van der Waals surface area contributed by atoms with E-state index in [1.165, 1.54) is 38.5 Å². The van der Waals surface area contributed by atoms with E-state index < -0.39 is 0 Å². The molecule has 9 nitrogen and oxygen atoms in total. The lowest BCUT2D eigenvalue weighted by Crippen LogP contribution is -2.51. The third kappa shape index (κ3) is 5.87. The fourth-order valence-corrected chi connectivity index (χ4v) is 13.2. The average molecular weight is 757 g/mol. The Hall–Kier alpha value is -5.44. The SMILES string of the molecule is O=C(Nc1ccc2[nH]c(-c3ccc(Oc4ccc(-c5nc6cc(NC(=O)C78CC9CC(CC(C9)C7)C8)ccc6[nH]5)cc4)cc3)nc2c1)C12CC3CC(CC(C3)C1)C2. The Morgan fingerprint density at radius 1 is 0.509 bits per heavy atom. The summed E-state index contributed by atoms with van der Waals surface area (Å²) in [6.07, 6.45) is 14.3. The Labute approximate surface area is 331 Å². The fraction of sp³-hybridized carbons (Fsp3) is 0.417. The van der Waals surface area contributed by atoms with E-state index >= 15 is 0 Å². The summed E-state index contributed by atoms with van der Waals surface area (Å²) >= 11 is 0. The largest absolute Gasteiger partial charge is 0.457 e. The van der Waals surface area contributed by atoms with Gasteiger partial charge in [-0.3, -0.25) is 9.59 Å². The molecule has 57 heavy (non-hydrogen) atoms. The van der Waals surface area contributed by atoms with E-state index in [9.17, 15) is 9.59 Å². The van der Waals surface area contributed by atoms with E-state index in [0.29, 0.717) is 0 Å². The number of anilines is 2. The molecule has 2 heterocycles. The molecule has 0 saturated heterocycles. The maximum Gasteiger partial charge on any atom is 0.230 e. The summed E-state index contributed by atoms with van der Waals surface area (Å²) in [6.45, 7) is 0. The van der Waals surface area contributed by atoms with Crippen LogP contribution in [0.4, 0.5) is 11.4 Å². The van der Waals surface area contributed by atoms with Crippen LogP contribution in [0.1, 0.15) is 77.0 Å². The maximum atomic E-state index is 13.6. The second-order valence-corrected chi connectivity index (χ2v) is 19.1. The smallest absolute Gasteiger partial charge is 0.230 e. The molecular formula is C48H48N6O3. The third-order valence-electron chi connectivity index (χ3n) is 15.0. The van der Waals surface area contributed by atoms with Crippen molar-refractivity contribution in [1.82, 2.24) is 19.9 Å². The molecule has 0 unspecified atom stereocenters. The van der Waals surface area contributed by atoms with Crippen molar-refractivity contribution in [1.29, 1.82) is 0 Å². The monoisotopic (exact) mass is 756 g/mol. The zero-order valence-electron chi connectivity index (χ0n) is 32.2. The Kier molecular flexibility index (Phi) is 7.40. The highest BCUT2D eigenvalue weighted by atomic mass is 16.5. The van der Waals surface area contributed by atoms with E-state index in [4.69, 9.17) is 14.7 Å². The Morgan fingerprint density at radius 2 is 0.860 bits per heavy atom. The van der Waals surface area contributed by atoms with Crippen molar-refractivity contribution >= 4 is 45.3 Å². The fourth-order valence-electron chi connectivity index (χ4n) is 13.2. The first kappa shape index (κ1) is 33.7. The number of carbonyl (C=O) groups excluding carboxylic acids is 2. The molecule has 8 aliphatic carbocycles. The lowest BCUT2D eigenvalue weighted by molar-refractivity contribution is -0.141. The highest BCUT2D eigenvalue weighted by molar-refractivity contribution is 5.98. The van der Waals surface area contributed by atoms with Gasteiger partial charge >= 0.3 is 0 Å². The Balaban J connectivity index is 0.693. The number of fused-ring (bicyclic) bond motifs is 2. The van der Waals surface area contributed by atoms with Gasteiger partial charge in [0.2, 0.25) is 11.8 Å². The molecule has 6 aromatic rings. The summed E-state index contributed by atoms with van der Waals surface area (Å²) in [5, 5.41) is 6.57. The molecule has 8 bridgehead atoms. The zero-order chi connectivity index (χ0) is 37.9. The summed E-state index contributed by atoms with van der Waals surface area (Å²) in [5.74, 6) is 7.82. The zero-order valence-corrected chi connectivity index (χ0v) is 32.2. The minimum absolute atomic E-state index is 0.180. The van der Waals surface area contributed by atoms with Crippen LogP contribution in [0.3, 0.4) is 0 Å². The van der Waals surface area contributed by atoms with Crippen LogP contribution in [0.15, 0.2) is 84.9 Å². The highest BCUT2D eigenvalue weighted by Crippen LogP contribution is 2.61. The molecule has 14 rings (SSSR count). The van der Waals surface area contributed by atoms with Crippen LogP contribution >= 0.6 is 0 Å². The number of amides is 2. The number of benzene rings is 4. The van der Waals surface area contributed by atoms with Gasteiger partial charge in [0.25, 0.3) is 0 Å². The molecule has 4 aromatic carbocycles. The van der Waals surface area contributed by atoms with E-state index in [2.05, 4.69) is 20.6 Å². The molecule has 2 aromatic heterocycles. The summed E-state index contributed by atoms with van der Waals surface area (Å²) < 4.78 is 6.22. The van der Waals surface area contributed by atoms with Crippen LogP contribution in [-0.4, -0.2) is 31.8 Å². The van der Waals surface area contributed by atoms with Gasteiger partial charge in [-0.05, 0) is 197 Å². The van der Waals surface area contributed by atoms with Crippen molar-refractivity contribution in [3.05, 3.63) is 84.9 Å². The predicted octanol–water partition coefficient (Wildman–Crippen LogP) is 10.9. The van der Waals surface area contributed by atoms with Gasteiger partial charge in [0.15, 0.2) is 0 Å². The first-order valence-corrected chi connectivity index (χ1v) is 21.3. The molecule has 4 N–H and O–H groups in total. The van der Waals surface area contributed by atoms with Crippen LogP contribution in [0.5, 0.6) is 11.5 Å². The molecule has 8 saturated carbocycles. The normalized spacial score (nSPS) is 30.6. The van der Waals surface area contributed by atoms with Crippen molar-refractivity contribution in [3.8, 4) is 34.3 Å². The molecule has 8 fully saturated rings. The van der Waals surface area contributed by atoms with Gasteiger partial charge in [-0.2, -0.15) is 0 Å². The summed E-state index contributed by atoms with van der Waals surface area (Å²) in [6, 6.07) is 27.8. The topological polar surface area (TPSA) is 125 Å². The van der Waals surface area contributed by atoms with Crippen molar-refractivity contribution < 1.29 is 14.3 Å². The Bertz CT molecular complexity index is 2320. The highest BCUT2D eigenvalue weighted by Gasteiger charge is 2.55. The van der Waals surface area contributed by atoms with Gasteiger partial charge < -0.3 is 25.3 Å². The van der Waals surface area contributed by atoms with Crippen molar-refractivity contribution in [2.24, 2.45) is 46.3 Å². The number of nitrogens with zero attached hydrogens (tertiary/aromatic N) is 2. The van der Waals surface area contributed by atoms with E-state index in [1.807, 2.05) is 84.9 Å². The van der Waals surface area contributed by atoms with E-state index in [0.717, 1.165) is 142 Å². The number of ether oxygens (including phenoxy) is 1. The Morgan fingerprint density at radius 3 is 1.21 bits per heavy atom. The number of aromatic nitrogens is 4. The number of imidazole rings is 2. The molecule has 0 radical (unpaired) electrons. The van der Waals surface area contributed by atoms with Crippen LogP contribution < -0.4 is 15.4 Å². The lowest BCUT2D eigenvalue weighted by Gasteiger charge is -2.55. The minimum Gasteiger partial charge on any atom is -0.457 e. The van der Waals surface area contributed by atoms with Gasteiger partial charge in [0.1, 0.15) is 23.1 Å². The van der Waals surface area contributed by atoms with Crippen molar-refractivity contribution in [3.63, 3.8) is 0 Å². The molecule has 288 valence electrons. The molecule has 0 aliphatic heterocycles. The van der Waals surface area contributed by atoms with E-state index in [-0.39, 0.29) is 22.6 Å². The molecule has 0 atom stereocenters. The number of carbonyl (C=O) groups is 2. The standard InChI is InChI=1S/C48H48N6O3/c55-45(47-21-27-13-28(22-47)15-29(14-27)23-47)49-35-5-11-39-41(19-35)53-43(51-39)33-1-7-37(8-2-33)57-38-9-3-34(4-10-38)44-52-40-12-6-36(20-42(40)54-44)50-46(56)48-24-30-16-31(25-48)18-32(17-30)26-48/h1-12,19-20,27-32H,13-18,21-26H2,(H,49,55)(H,50,56)(H,51,53)(H,52,54). The molecule has 0 spiro atoms. The molecular weight excluding hydrogens is 709 g/mol. The number of nitrogens with one attached hydrogen (secondary N) is 4. The average Bonchev–Trinajstić information content (AvgIpc) is 3.82. The van der Waals surface area contributed by atoms with Crippen molar-refractivity contribution in [2.45, 2.75) is 77.0 Å². The van der Waals surface area contributed by atoms with Crippen LogP contribution in [0.2, 0.25) is 0 Å². The van der Waals surface area contributed by atoms with Crippen LogP contribution in [0, 0.1) is 46.3 Å².